The van der Waals surface area contributed by atoms with Crippen molar-refractivity contribution in [3.63, 3.8) is 0 Å². The quantitative estimate of drug-likeness (QED) is 0.876. The number of hydrogen-bond acceptors (Lipinski definition) is 2. The lowest BCUT2D eigenvalue weighted by atomic mass is 10.2. The maximum Gasteiger partial charge on any atom is 0.303 e. The van der Waals surface area contributed by atoms with Gasteiger partial charge in [-0.1, -0.05) is 23.2 Å². The lowest BCUT2D eigenvalue weighted by molar-refractivity contribution is -0.137. The van der Waals surface area contributed by atoms with Crippen molar-refractivity contribution in [3.05, 3.63) is 21.9 Å². The second-order valence-electron chi connectivity index (χ2n) is 4.82. The molecule has 0 saturated carbocycles. The highest BCUT2D eigenvalue weighted by molar-refractivity contribution is 6.41. The van der Waals surface area contributed by atoms with E-state index in [1.54, 1.807) is 11.9 Å². The average Bonchev–Trinajstić information content (AvgIpc) is 2.61. The molecule has 112 valence electrons. The maximum atomic E-state index is 12.5. The fraction of sp³-hybridized carbons (Fsp3) is 0.538. The SMILES string of the molecule is CC(C)N(CCCC(=O)O)C(=O)c1cc(Cl)c(Cl)n1C. The molecule has 0 unspecified atom stereocenters. The van der Waals surface area contributed by atoms with E-state index in [0.717, 1.165) is 0 Å². The van der Waals surface area contributed by atoms with Crippen LogP contribution in [0.3, 0.4) is 0 Å². The number of aliphatic carboxylic acids is 1. The second-order valence-corrected chi connectivity index (χ2v) is 5.58. The zero-order valence-electron chi connectivity index (χ0n) is 11.7. The Kier molecular flexibility index (Phi) is 5.89. The van der Waals surface area contributed by atoms with Crippen LogP contribution in [0.5, 0.6) is 0 Å². The Labute approximate surface area is 128 Å². The Hall–Kier alpha value is -1.20. The Bertz CT molecular complexity index is 512. The molecule has 1 N–H and O–H groups in total. The molecule has 7 heteroatoms. The second kappa shape index (κ2) is 6.99. The van der Waals surface area contributed by atoms with E-state index in [-0.39, 0.29) is 18.4 Å². The first kappa shape index (κ1) is 16.9. The molecule has 1 amide bonds. The van der Waals surface area contributed by atoms with Crippen LogP contribution in [0.2, 0.25) is 10.2 Å². The van der Waals surface area contributed by atoms with Gasteiger partial charge in [0.15, 0.2) is 0 Å². The van der Waals surface area contributed by atoms with Crippen molar-refractivity contribution in [2.24, 2.45) is 7.05 Å². The summed E-state index contributed by atoms with van der Waals surface area (Å²) in [7, 11) is 1.66. The molecule has 5 nitrogen and oxygen atoms in total. The number of aromatic nitrogens is 1. The Morgan fingerprint density at radius 1 is 1.40 bits per heavy atom. The molecule has 0 saturated heterocycles. The van der Waals surface area contributed by atoms with Gasteiger partial charge in [-0.25, -0.2) is 0 Å². The molecule has 0 spiro atoms. The first-order valence-corrected chi connectivity index (χ1v) is 7.04. The maximum absolute atomic E-state index is 12.5. The minimum Gasteiger partial charge on any atom is -0.481 e. The van der Waals surface area contributed by atoms with Gasteiger partial charge in [0.25, 0.3) is 5.91 Å². The van der Waals surface area contributed by atoms with E-state index in [4.69, 9.17) is 28.3 Å². The highest BCUT2D eigenvalue weighted by Crippen LogP contribution is 2.26. The number of carboxylic acids is 1. The van der Waals surface area contributed by atoms with Gasteiger partial charge in [0.1, 0.15) is 10.8 Å². The summed E-state index contributed by atoms with van der Waals surface area (Å²) in [4.78, 5) is 24.7. The normalized spacial score (nSPS) is 10.9. The summed E-state index contributed by atoms with van der Waals surface area (Å²) < 4.78 is 1.53. The largest absolute Gasteiger partial charge is 0.481 e. The minimum atomic E-state index is -0.869. The Balaban J connectivity index is 2.88. The van der Waals surface area contributed by atoms with Crippen molar-refractivity contribution in [2.75, 3.05) is 6.54 Å². The minimum absolute atomic E-state index is 0.0329. The van der Waals surface area contributed by atoms with Crippen LogP contribution in [-0.4, -0.2) is 39.0 Å². The van der Waals surface area contributed by atoms with Crippen LogP contribution >= 0.6 is 23.2 Å². The van der Waals surface area contributed by atoms with Crippen molar-refractivity contribution in [1.29, 1.82) is 0 Å². The smallest absolute Gasteiger partial charge is 0.303 e. The number of rotatable bonds is 6. The molecular weight excluding hydrogens is 303 g/mol. The number of carbonyl (C=O) groups is 2. The van der Waals surface area contributed by atoms with Gasteiger partial charge in [-0.15, -0.1) is 0 Å². The van der Waals surface area contributed by atoms with Gasteiger partial charge < -0.3 is 14.6 Å². The molecule has 0 aliphatic heterocycles. The molecule has 1 rings (SSSR count). The third kappa shape index (κ3) is 3.90. The predicted molar refractivity (Wildman–Crippen MR) is 78.5 cm³/mol. The third-order valence-electron chi connectivity index (χ3n) is 3.01. The summed E-state index contributed by atoms with van der Waals surface area (Å²) in [6.07, 6.45) is 0.441. The van der Waals surface area contributed by atoms with Gasteiger partial charge in [-0.05, 0) is 26.3 Å². The fourth-order valence-corrected chi connectivity index (χ4v) is 2.27. The first-order valence-electron chi connectivity index (χ1n) is 6.29. The van der Waals surface area contributed by atoms with Crippen molar-refractivity contribution in [1.82, 2.24) is 9.47 Å². The Morgan fingerprint density at radius 3 is 2.40 bits per heavy atom. The average molecular weight is 321 g/mol. The molecule has 0 aliphatic carbocycles. The van der Waals surface area contributed by atoms with E-state index in [1.807, 2.05) is 13.8 Å². The van der Waals surface area contributed by atoms with E-state index in [1.165, 1.54) is 10.6 Å². The molecule has 1 aromatic rings. The van der Waals surface area contributed by atoms with Crippen molar-refractivity contribution < 1.29 is 14.7 Å². The van der Waals surface area contributed by atoms with E-state index in [0.29, 0.717) is 28.8 Å². The molecule has 0 radical (unpaired) electrons. The van der Waals surface area contributed by atoms with E-state index in [2.05, 4.69) is 0 Å². The molecule has 0 bridgehead atoms. The van der Waals surface area contributed by atoms with E-state index >= 15 is 0 Å². The van der Waals surface area contributed by atoms with E-state index in [9.17, 15) is 9.59 Å². The molecular formula is C13H18Cl2N2O3. The molecule has 0 aromatic carbocycles. The summed E-state index contributed by atoms with van der Waals surface area (Å²) in [6.45, 7) is 4.14. The highest BCUT2D eigenvalue weighted by atomic mass is 35.5. The van der Waals surface area contributed by atoms with Gasteiger partial charge in [0, 0.05) is 26.1 Å². The van der Waals surface area contributed by atoms with Gasteiger partial charge in [0.2, 0.25) is 0 Å². The number of hydrogen-bond donors (Lipinski definition) is 1. The summed E-state index contributed by atoms with van der Waals surface area (Å²) in [5, 5.41) is 9.30. The van der Waals surface area contributed by atoms with Gasteiger partial charge in [-0.2, -0.15) is 0 Å². The van der Waals surface area contributed by atoms with Crippen LogP contribution < -0.4 is 0 Å². The number of carboxylic acid groups (broad SMARTS) is 1. The summed E-state index contributed by atoms with van der Waals surface area (Å²) in [5.41, 5.74) is 0.393. The summed E-state index contributed by atoms with van der Waals surface area (Å²) in [5.74, 6) is -1.08. The van der Waals surface area contributed by atoms with Crippen molar-refractivity contribution in [2.45, 2.75) is 32.7 Å². The number of carbonyl (C=O) groups excluding carboxylic acids is 1. The summed E-state index contributed by atoms with van der Waals surface area (Å²) >= 11 is 11.9. The van der Waals surface area contributed by atoms with Crippen LogP contribution in [-0.2, 0) is 11.8 Å². The zero-order valence-corrected chi connectivity index (χ0v) is 13.2. The number of halogens is 2. The van der Waals surface area contributed by atoms with Gasteiger partial charge >= 0.3 is 5.97 Å². The molecule has 20 heavy (non-hydrogen) atoms. The topological polar surface area (TPSA) is 62.5 Å². The number of nitrogens with zero attached hydrogens (tertiary/aromatic N) is 2. The lowest BCUT2D eigenvalue weighted by Crippen LogP contribution is -2.38. The predicted octanol–water partition coefficient (Wildman–Crippen LogP) is 3.05. The number of amides is 1. The molecule has 0 atom stereocenters. The fourth-order valence-electron chi connectivity index (χ4n) is 1.89. The van der Waals surface area contributed by atoms with Crippen LogP contribution in [0.25, 0.3) is 0 Å². The Morgan fingerprint density at radius 2 is 2.00 bits per heavy atom. The molecule has 1 aromatic heterocycles. The van der Waals surface area contributed by atoms with Crippen LogP contribution in [0.15, 0.2) is 6.07 Å². The third-order valence-corrected chi connectivity index (χ3v) is 3.85. The first-order chi connectivity index (χ1) is 9.25. The highest BCUT2D eigenvalue weighted by Gasteiger charge is 2.23. The van der Waals surface area contributed by atoms with Crippen molar-refractivity contribution >= 4 is 35.1 Å². The standard InChI is InChI=1S/C13H18Cl2N2O3/c1-8(2)17(6-4-5-11(18)19)13(20)10-7-9(14)12(15)16(10)3/h7-8H,4-6H2,1-3H3,(H,18,19). The van der Waals surface area contributed by atoms with Gasteiger partial charge in [-0.3, -0.25) is 9.59 Å². The summed E-state index contributed by atoms with van der Waals surface area (Å²) in [6, 6.07) is 1.49. The van der Waals surface area contributed by atoms with Gasteiger partial charge in [0.05, 0.1) is 5.02 Å². The lowest BCUT2D eigenvalue weighted by Gasteiger charge is -2.26. The van der Waals surface area contributed by atoms with Crippen LogP contribution in [0.4, 0.5) is 0 Å². The molecule has 0 aliphatic rings. The van der Waals surface area contributed by atoms with Crippen LogP contribution in [0, 0.1) is 0 Å². The molecule has 1 heterocycles. The zero-order chi connectivity index (χ0) is 15.4. The van der Waals surface area contributed by atoms with Crippen LogP contribution in [0.1, 0.15) is 37.2 Å². The molecule has 0 fully saturated rings. The monoisotopic (exact) mass is 320 g/mol. The van der Waals surface area contributed by atoms with Crippen molar-refractivity contribution in [3.8, 4) is 0 Å². The van der Waals surface area contributed by atoms with E-state index < -0.39 is 5.97 Å².